The lowest BCUT2D eigenvalue weighted by molar-refractivity contribution is 0.0161. The number of ether oxygens (including phenoxy) is 2. The molecular weight excluding hydrogens is 220 g/mol. The third kappa shape index (κ3) is 4.16. The maximum absolute atomic E-state index is 11.9. The molecule has 2 unspecified atom stereocenters. The first kappa shape index (κ1) is 14.3. The van der Waals surface area contributed by atoms with Crippen molar-refractivity contribution < 1.29 is 14.3 Å². The summed E-state index contributed by atoms with van der Waals surface area (Å²) in [6.07, 6.45) is -0.271. The largest absolute Gasteiger partial charge is 0.444 e. The monoisotopic (exact) mass is 244 g/mol. The minimum absolute atomic E-state index is 0.143. The molecule has 1 saturated heterocycles. The highest BCUT2D eigenvalue weighted by Gasteiger charge is 2.34. The molecule has 0 aromatic carbocycles. The number of carbonyl (C=O) groups is 1. The van der Waals surface area contributed by atoms with Crippen molar-refractivity contribution >= 4 is 6.09 Å². The summed E-state index contributed by atoms with van der Waals surface area (Å²) in [5, 5.41) is 3.28. The van der Waals surface area contributed by atoms with E-state index in [4.69, 9.17) is 9.47 Å². The van der Waals surface area contributed by atoms with Crippen LogP contribution in [0.1, 0.15) is 20.8 Å². The van der Waals surface area contributed by atoms with E-state index in [0.717, 1.165) is 13.1 Å². The van der Waals surface area contributed by atoms with Crippen molar-refractivity contribution in [1.29, 1.82) is 0 Å². The Hall–Kier alpha value is -0.810. The summed E-state index contributed by atoms with van der Waals surface area (Å²) in [5.41, 5.74) is -0.450. The zero-order valence-electron chi connectivity index (χ0n) is 11.4. The lowest BCUT2D eigenvalue weighted by Crippen LogP contribution is -2.45. The Labute approximate surface area is 103 Å². The van der Waals surface area contributed by atoms with E-state index in [1.807, 2.05) is 20.8 Å². The molecule has 0 spiro atoms. The van der Waals surface area contributed by atoms with Gasteiger partial charge in [0.05, 0.1) is 12.6 Å². The van der Waals surface area contributed by atoms with Gasteiger partial charge in [0.1, 0.15) is 5.60 Å². The van der Waals surface area contributed by atoms with Crippen LogP contribution < -0.4 is 5.32 Å². The number of amides is 1. The van der Waals surface area contributed by atoms with Crippen molar-refractivity contribution in [3.8, 4) is 0 Å². The highest BCUT2D eigenvalue weighted by Crippen LogP contribution is 2.18. The number of hydrogen-bond acceptors (Lipinski definition) is 4. The van der Waals surface area contributed by atoms with Gasteiger partial charge in [0, 0.05) is 33.2 Å². The number of nitrogens with zero attached hydrogens (tertiary/aromatic N) is 1. The van der Waals surface area contributed by atoms with Gasteiger partial charge in [0.2, 0.25) is 0 Å². The molecule has 1 fully saturated rings. The Kier molecular flexibility index (Phi) is 4.77. The van der Waals surface area contributed by atoms with E-state index in [-0.39, 0.29) is 12.1 Å². The van der Waals surface area contributed by atoms with Crippen molar-refractivity contribution in [1.82, 2.24) is 10.2 Å². The first-order valence-corrected chi connectivity index (χ1v) is 6.00. The zero-order chi connectivity index (χ0) is 13.1. The molecular formula is C12H24N2O3. The van der Waals surface area contributed by atoms with Crippen LogP contribution >= 0.6 is 0 Å². The van der Waals surface area contributed by atoms with Crippen LogP contribution in [-0.2, 0) is 9.47 Å². The molecule has 0 radical (unpaired) electrons. The summed E-state index contributed by atoms with van der Waals surface area (Å²) in [7, 11) is 3.47. The second kappa shape index (κ2) is 5.69. The molecule has 2 atom stereocenters. The maximum atomic E-state index is 11.9. The summed E-state index contributed by atoms with van der Waals surface area (Å²) in [6, 6.07) is 0.143. The molecule has 0 saturated carbocycles. The Morgan fingerprint density at radius 2 is 2.06 bits per heavy atom. The van der Waals surface area contributed by atoms with Crippen LogP contribution in [0.2, 0.25) is 0 Å². The number of nitrogens with one attached hydrogen (secondary N) is 1. The molecule has 1 N–H and O–H groups in total. The van der Waals surface area contributed by atoms with Crippen molar-refractivity contribution in [2.75, 3.05) is 33.9 Å². The number of hydrogen-bond donors (Lipinski definition) is 1. The number of methoxy groups -OCH3 is 1. The van der Waals surface area contributed by atoms with Crippen LogP contribution in [0.3, 0.4) is 0 Å². The van der Waals surface area contributed by atoms with Gasteiger partial charge in [-0.05, 0) is 20.8 Å². The van der Waals surface area contributed by atoms with Gasteiger partial charge < -0.3 is 19.7 Å². The second-order valence-electron chi connectivity index (χ2n) is 5.53. The van der Waals surface area contributed by atoms with Gasteiger partial charge in [-0.3, -0.25) is 0 Å². The number of likely N-dealkylation sites (N-methyl/N-ethyl adjacent to an activating group) is 1. The molecule has 0 bridgehead atoms. The number of carbonyl (C=O) groups excluding carboxylic acids is 1. The van der Waals surface area contributed by atoms with E-state index in [0.29, 0.717) is 12.5 Å². The molecule has 5 nitrogen and oxygen atoms in total. The van der Waals surface area contributed by atoms with Gasteiger partial charge in [0.15, 0.2) is 0 Å². The standard InChI is InChI=1S/C12H24N2O3/c1-12(2,3)17-11(15)14(4)10-7-13-6-9(10)8-16-5/h9-10,13H,6-8H2,1-5H3. The fourth-order valence-corrected chi connectivity index (χ4v) is 2.03. The molecule has 0 aliphatic carbocycles. The Morgan fingerprint density at radius 3 is 2.59 bits per heavy atom. The molecule has 1 aliphatic rings. The van der Waals surface area contributed by atoms with Gasteiger partial charge >= 0.3 is 6.09 Å². The summed E-state index contributed by atoms with van der Waals surface area (Å²) in [4.78, 5) is 13.6. The van der Waals surface area contributed by atoms with Crippen molar-refractivity contribution in [2.24, 2.45) is 5.92 Å². The second-order valence-corrected chi connectivity index (χ2v) is 5.53. The van der Waals surface area contributed by atoms with E-state index >= 15 is 0 Å². The summed E-state index contributed by atoms with van der Waals surface area (Å²) in [5.74, 6) is 0.331. The van der Waals surface area contributed by atoms with Crippen LogP contribution in [0.15, 0.2) is 0 Å². The third-order valence-corrected chi connectivity index (χ3v) is 2.86. The lowest BCUT2D eigenvalue weighted by Gasteiger charge is -2.31. The predicted molar refractivity (Wildman–Crippen MR) is 66.0 cm³/mol. The molecule has 1 rings (SSSR count). The molecule has 1 amide bonds. The quantitative estimate of drug-likeness (QED) is 0.807. The van der Waals surface area contributed by atoms with Gasteiger partial charge in [-0.2, -0.15) is 0 Å². The minimum Gasteiger partial charge on any atom is -0.444 e. The predicted octanol–water partition coefficient (Wildman–Crippen LogP) is 1.09. The van der Waals surface area contributed by atoms with Crippen LogP contribution in [0, 0.1) is 5.92 Å². The van der Waals surface area contributed by atoms with Crippen LogP contribution in [0.5, 0.6) is 0 Å². The van der Waals surface area contributed by atoms with Crippen molar-refractivity contribution in [3.05, 3.63) is 0 Å². The Morgan fingerprint density at radius 1 is 1.41 bits per heavy atom. The van der Waals surface area contributed by atoms with Gasteiger partial charge in [-0.15, -0.1) is 0 Å². The third-order valence-electron chi connectivity index (χ3n) is 2.86. The molecule has 0 aromatic rings. The highest BCUT2D eigenvalue weighted by atomic mass is 16.6. The van der Waals surface area contributed by atoms with E-state index in [1.165, 1.54) is 0 Å². The van der Waals surface area contributed by atoms with E-state index < -0.39 is 5.60 Å². The molecule has 1 heterocycles. The first-order valence-electron chi connectivity index (χ1n) is 6.00. The van der Waals surface area contributed by atoms with Gasteiger partial charge in [0.25, 0.3) is 0 Å². The van der Waals surface area contributed by atoms with Crippen molar-refractivity contribution in [2.45, 2.75) is 32.4 Å². The lowest BCUT2D eigenvalue weighted by atomic mass is 10.0. The minimum atomic E-state index is -0.450. The molecule has 17 heavy (non-hydrogen) atoms. The molecule has 100 valence electrons. The van der Waals surface area contributed by atoms with Crippen LogP contribution in [0.4, 0.5) is 4.79 Å². The average molecular weight is 244 g/mol. The summed E-state index contributed by atoms with van der Waals surface area (Å²) >= 11 is 0. The van der Waals surface area contributed by atoms with Crippen molar-refractivity contribution in [3.63, 3.8) is 0 Å². The van der Waals surface area contributed by atoms with Gasteiger partial charge in [-0.1, -0.05) is 0 Å². The molecule has 5 heteroatoms. The normalized spacial score (nSPS) is 24.8. The first-order chi connectivity index (χ1) is 7.85. The molecule has 0 aromatic heterocycles. The Bertz CT molecular complexity index is 263. The number of rotatable bonds is 3. The highest BCUT2D eigenvalue weighted by molar-refractivity contribution is 5.68. The molecule has 1 aliphatic heterocycles. The zero-order valence-corrected chi connectivity index (χ0v) is 11.4. The average Bonchev–Trinajstić information content (AvgIpc) is 2.62. The summed E-state index contributed by atoms with van der Waals surface area (Å²) < 4.78 is 10.5. The van der Waals surface area contributed by atoms with E-state index in [9.17, 15) is 4.79 Å². The SMILES string of the molecule is COCC1CNCC1N(C)C(=O)OC(C)(C)C. The van der Waals surface area contributed by atoms with Crippen LogP contribution in [-0.4, -0.2) is 56.5 Å². The van der Waals surface area contributed by atoms with Gasteiger partial charge in [-0.25, -0.2) is 4.79 Å². The maximum Gasteiger partial charge on any atom is 0.410 e. The summed E-state index contributed by atoms with van der Waals surface area (Å²) in [6.45, 7) is 7.95. The topological polar surface area (TPSA) is 50.8 Å². The fraction of sp³-hybridized carbons (Fsp3) is 0.917. The fourth-order valence-electron chi connectivity index (χ4n) is 2.03. The van der Waals surface area contributed by atoms with E-state index in [1.54, 1.807) is 19.1 Å². The smallest absolute Gasteiger partial charge is 0.410 e. The van der Waals surface area contributed by atoms with E-state index in [2.05, 4.69) is 5.32 Å². The van der Waals surface area contributed by atoms with Crippen LogP contribution in [0.25, 0.3) is 0 Å². The Balaban J connectivity index is 2.56.